The highest BCUT2D eigenvalue weighted by Gasteiger charge is 2.03. The Balaban J connectivity index is 2.35. The Morgan fingerprint density at radius 2 is 2.54 bits per heavy atom. The third-order valence-corrected chi connectivity index (χ3v) is 2.43. The zero-order valence-corrected chi connectivity index (χ0v) is 8.08. The highest BCUT2D eigenvalue weighted by Crippen LogP contribution is 2.13. The van der Waals surface area contributed by atoms with Gasteiger partial charge in [-0.05, 0) is 19.2 Å². The Bertz CT molecular complexity index is 365. The number of nitrogens with one attached hydrogen (secondary N) is 1. The lowest BCUT2D eigenvalue weighted by Crippen LogP contribution is -2.09. The molecule has 0 amide bonds. The van der Waals surface area contributed by atoms with Gasteiger partial charge in [0.2, 0.25) is 5.13 Å². The van der Waals surface area contributed by atoms with E-state index in [0.29, 0.717) is 0 Å². The summed E-state index contributed by atoms with van der Waals surface area (Å²) in [5, 5.41) is 11.8. The third kappa shape index (κ3) is 1.61. The Hall–Kier alpha value is -1.20. The Kier molecular flexibility index (Phi) is 2.37. The first kappa shape index (κ1) is 8.40. The van der Waals surface area contributed by atoms with E-state index in [0.717, 1.165) is 11.7 Å². The van der Waals surface area contributed by atoms with Gasteiger partial charge in [-0.1, -0.05) is 11.3 Å². The zero-order valence-electron chi connectivity index (χ0n) is 7.27. The summed E-state index contributed by atoms with van der Waals surface area (Å²) < 4.78 is 2.04. The van der Waals surface area contributed by atoms with Crippen molar-refractivity contribution < 1.29 is 0 Å². The van der Waals surface area contributed by atoms with Crippen LogP contribution in [0.4, 0.5) is 0 Å². The van der Waals surface area contributed by atoms with E-state index >= 15 is 0 Å². The zero-order chi connectivity index (χ0) is 9.10. The van der Waals surface area contributed by atoms with E-state index in [4.69, 9.17) is 0 Å². The number of rotatable bonds is 3. The maximum atomic E-state index is 4.01. The molecule has 2 rings (SSSR count). The van der Waals surface area contributed by atoms with Crippen LogP contribution in [0.3, 0.4) is 0 Å². The van der Waals surface area contributed by atoms with Crippen molar-refractivity contribution in [3.8, 4) is 5.13 Å². The summed E-state index contributed by atoms with van der Waals surface area (Å²) in [5.41, 5.74) is 2.93. The Labute approximate surface area is 80.2 Å². The minimum atomic E-state index is 0.840. The van der Waals surface area contributed by atoms with Crippen LogP contribution < -0.4 is 5.32 Å². The summed E-state index contributed by atoms with van der Waals surface area (Å²) in [6, 6.07) is 4.08. The standard InChI is InChI=1S/C8H10N4S/c1-9-5-7-3-2-4-12(7)8-11-10-6-13-8/h2-4,6,9H,5H2,1H3. The number of hydrogen-bond donors (Lipinski definition) is 1. The number of nitrogens with zero attached hydrogens (tertiary/aromatic N) is 3. The van der Waals surface area contributed by atoms with Gasteiger partial charge in [-0.3, -0.25) is 4.57 Å². The van der Waals surface area contributed by atoms with Crippen LogP contribution >= 0.6 is 11.3 Å². The lowest BCUT2D eigenvalue weighted by Gasteiger charge is -2.03. The SMILES string of the molecule is CNCc1cccn1-c1nncs1. The summed E-state index contributed by atoms with van der Waals surface area (Å²) in [7, 11) is 1.93. The molecule has 0 aromatic carbocycles. The van der Waals surface area contributed by atoms with Gasteiger partial charge in [0.05, 0.1) is 0 Å². The van der Waals surface area contributed by atoms with E-state index in [2.05, 4.69) is 21.6 Å². The van der Waals surface area contributed by atoms with Crippen molar-refractivity contribution in [2.45, 2.75) is 6.54 Å². The molecule has 0 aliphatic carbocycles. The summed E-state index contributed by atoms with van der Waals surface area (Å²) in [6.07, 6.45) is 1.99. The number of hydrogen-bond acceptors (Lipinski definition) is 4. The predicted octanol–water partition coefficient (Wildman–Crippen LogP) is 1.05. The van der Waals surface area contributed by atoms with Gasteiger partial charge in [0.1, 0.15) is 5.51 Å². The molecule has 1 N–H and O–H groups in total. The second kappa shape index (κ2) is 3.68. The molecule has 0 bridgehead atoms. The molecule has 0 aliphatic rings. The van der Waals surface area contributed by atoms with Crippen LogP contribution in [0, 0.1) is 0 Å². The molecule has 0 radical (unpaired) electrons. The van der Waals surface area contributed by atoms with Crippen LogP contribution in [0.25, 0.3) is 5.13 Å². The minimum Gasteiger partial charge on any atom is -0.314 e. The second-order valence-corrected chi connectivity index (χ2v) is 3.43. The van der Waals surface area contributed by atoms with Crippen molar-refractivity contribution in [2.75, 3.05) is 7.05 Å². The van der Waals surface area contributed by atoms with Crippen LogP contribution in [0.2, 0.25) is 0 Å². The molecule has 68 valence electrons. The van der Waals surface area contributed by atoms with Crippen LogP contribution in [-0.4, -0.2) is 21.8 Å². The topological polar surface area (TPSA) is 42.7 Å². The van der Waals surface area contributed by atoms with Gasteiger partial charge in [0.25, 0.3) is 0 Å². The van der Waals surface area contributed by atoms with Crippen LogP contribution in [-0.2, 0) is 6.54 Å². The van der Waals surface area contributed by atoms with Crippen LogP contribution in [0.15, 0.2) is 23.8 Å². The van der Waals surface area contributed by atoms with Crippen molar-refractivity contribution in [3.05, 3.63) is 29.5 Å². The van der Waals surface area contributed by atoms with Crippen molar-refractivity contribution in [3.63, 3.8) is 0 Å². The number of aromatic nitrogens is 3. The fraction of sp³-hybridized carbons (Fsp3) is 0.250. The lowest BCUT2D eigenvalue weighted by atomic mass is 10.4. The monoisotopic (exact) mass is 194 g/mol. The molecule has 0 fully saturated rings. The van der Waals surface area contributed by atoms with Gasteiger partial charge in [0.15, 0.2) is 0 Å². The highest BCUT2D eigenvalue weighted by molar-refractivity contribution is 7.11. The normalized spacial score (nSPS) is 10.5. The average Bonchev–Trinajstić information content (AvgIpc) is 2.71. The van der Waals surface area contributed by atoms with Crippen LogP contribution in [0.5, 0.6) is 0 Å². The van der Waals surface area contributed by atoms with Gasteiger partial charge < -0.3 is 5.32 Å². The van der Waals surface area contributed by atoms with Crippen molar-refractivity contribution in [1.29, 1.82) is 0 Å². The van der Waals surface area contributed by atoms with Gasteiger partial charge in [0, 0.05) is 18.4 Å². The van der Waals surface area contributed by atoms with Crippen LogP contribution in [0.1, 0.15) is 5.69 Å². The molecule has 0 spiro atoms. The summed E-state index contributed by atoms with van der Waals surface area (Å²) in [4.78, 5) is 0. The van der Waals surface area contributed by atoms with Gasteiger partial charge in [-0.2, -0.15) is 0 Å². The van der Waals surface area contributed by atoms with E-state index in [1.54, 1.807) is 5.51 Å². The van der Waals surface area contributed by atoms with Crippen molar-refractivity contribution in [1.82, 2.24) is 20.1 Å². The lowest BCUT2D eigenvalue weighted by molar-refractivity contribution is 0.763. The minimum absolute atomic E-state index is 0.840. The Morgan fingerprint density at radius 3 is 3.23 bits per heavy atom. The smallest absolute Gasteiger partial charge is 0.216 e. The maximum Gasteiger partial charge on any atom is 0.216 e. The quantitative estimate of drug-likeness (QED) is 0.794. The Morgan fingerprint density at radius 1 is 1.62 bits per heavy atom. The molecule has 13 heavy (non-hydrogen) atoms. The van der Waals surface area contributed by atoms with Gasteiger partial charge in [-0.25, -0.2) is 0 Å². The van der Waals surface area contributed by atoms with E-state index in [1.165, 1.54) is 17.0 Å². The van der Waals surface area contributed by atoms with Gasteiger partial charge in [-0.15, -0.1) is 10.2 Å². The molecule has 2 aromatic rings. The van der Waals surface area contributed by atoms with Crippen molar-refractivity contribution >= 4 is 11.3 Å². The maximum absolute atomic E-state index is 4.01. The first-order valence-electron chi connectivity index (χ1n) is 3.99. The fourth-order valence-electron chi connectivity index (χ4n) is 1.20. The first-order chi connectivity index (χ1) is 6.42. The van der Waals surface area contributed by atoms with Crippen molar-refractivity contribution in [2.24, 2.45) is 0 Å². The molecule has 0 aliphatic heterocycles. The third-order valence-electron chi connectivity index (χ3n) is 1.75. The fourth-order valence-corrected chi connectivity index (χ4v) is 1.77. The molecule has 0 unspecified atom stereocenters. The highest BCUT2D eigenvalue weighted by atomic mass is 32.1. The van der Waals surface area contributed by atoms with E-state index in [-0.39, 0.29) is 0 Å². The molecular weight excluding hydrogens is 184 g/mol. The van der Waals surface area contributed by atoms with E-state index < -0.39 is 0 Å². The van der Waals surface area contributed by atoms with E-state index in [9.17, 15) is 0 Å². The predicted molar refractivity (Wildman–Crippen MR) is 52.0 cm³/mol. The molecule has 2 aromatic heterocycles. The van der Waals surface area contributed by atoms with Gasteiger partial charge >= 0.3 is 0 Å². The largest absolute Gasteiger partial charge is 0.314 e. The molecular formula is C8H10N4S. The molecule has 4 nitrogen and oxygen atoms in total. The molecule has 0 atom stereocenters. The molecule has 5 heteroatoms. The molecule has 0 saturated carbocycles. The second-order valence-electron chi connectivity index (χ2n) is 2.62. The summed E-state index contributed by atoms with van der Waals surface area (Å²) >= 11 is 1.53. The molecule has 0 saturated heterocycles. The summed E-state index contributed by atoms with van der Waals surface area (Å²) in [6.45, 7) is 0.840. The summed E-state index contributed by atoms with van der Waals surface area (Å²) in [5.74, 6) is 0. The van der Waals surface area contributed by atoms with E-state index in [1.807, 2.05) is 23.9 Å². The first-order valence-corrected chi connectivity index (χ1v) is 4.87. The molecule has 2 heterocycles. The average molecular weight is 194 g/mol.